The van der Waals surface area contributed by atoms with E-state index in [1.54, 1.807) is 19.1 Å². The molecule has 0 spiro atoms. The molecule has 12 heteroatoms. The number of hydrogen-bond acceptors (Lipinski definition) is 4. The van der Waals surface area contributed by atoms with Crippen LogP contribution in [0.2, 0.25) is 5.02 Å². The van der Waals surface area contributed by atoms with Gasteiger partial charge in [0, 0.05) is 12.6 Å². The van der Waals surface area contributed by atoms with Crippen molar-refractivity contribution in [3.05, 3.63) is 64.2 Å². The molecule has 0 fully saturated rings. The Morgan fingerprint density at radius 3 is 2.26 bits per heavy atom. The second-order valence-electron chi connectivity index (χ2n) is 9.18. The summed E-state index contributed by atoms with van der Waals surface area (Å²) in [5, 5.41) is 2.25. The first-order chi connectivity index (χ1) is 17.6. The number of carbonyl (C=O) groups is 2. The summed E-state index contributed by atoms with van der Waals surface area (Å²) in [5.41, 5.74) is 0.0365. The lowest BCUT2D eigenvalue weighted by Gasteiger charge is -2.33. The van der Waals surface area contributed by atoms with Gasteiger partial charge >= 0.3 is 6.18 Å². The lowest BCUT2D eigenvalue weighted by Crippen LogP contribution is -2.53. The Morgan fingerprint density at radius 1 is 1.08 bits per heavy atom. The summed E-state index contributed by atoms with van der Waals surface area (Å²) in [7, 11) is -4.20. The van der Waals surface area contributed by atoms with E-state index in [2.05, 4.69) is 5.32 Å². The summed E-state index contributed by atoms with van der Waals surface area (Å²) in [6.45, 7) is 6.50. The molecule has 0 bridgehead atoms. The molecule has 0 saturated heterocycles. The van der Waals surface area contributed by atoms with Gasteiger partial charge < -0.3 is 10.2 Å². The van der Waals surface area contributed by atoms with E-state index in [1.807, 2.05) is 32.9 Å². The van der Waals surface area contributed by atoms with E-state index in [1.165, 1.54) is 4.90 Å². The molecule has 2 aromatic carbocycles. The Hall–Kier alpha value is -2.79. The van der Waals surface area contributed by atoms with E-state index >= 15 is 0 Å². The van der Waals surface area contributed by atoms with Crippen LogP contribution in [0, 0.1) is 6.92 Å². The number of amides is 2. The lowest BCUT2D eigenvalue weighted by molar-refractivity contribution is -0.140. The van der Waals surface area contributed by atoms with Crippen LogP contribution in [0.4, 0.5) is 18.9 Å². The molecule has 2 rings (SSSR count). The number of hydrogen-bond donors (Lipinski definition) is 1. The molecule has 0 aliphatic heterocycles. The molecule has 0 aliphatic carbocycles. The van der Waals surface area contributed by atoms with Crippen molar-refractivity contribution in [2.45, 2.75) is 65.3 Å². The van der Waals surface area contributed by atoms with Crippen LogP contribution in [0.5, 0.6) is 0 Å². The average Bonchev–Trinajstić information content (AvgIpc) is 2.81. The maximum atomic E-state index is 13.7. The fraction of sp³-hybridized carbons (Fsp3) is 0.462. The first kappa shape index (κ1) is 31.4. The number of rotatable bonds is 11. The van der Waals surface area contributed by atoms with E-state index in [9.17, 15) is 31.2 Å². The zero-order valence-electron chi connectivity index (χ0n) is 22.0. The van der Waals surface area contributed by atoms with E-state index < -0.39 is 51.2 Å². The molecule has 210 valence electrons. The fourth-order valence-corrected chi connectivity index (χ4v) is 4.93. The van der Waals surface area contributed by atoms with E-state index in [-0.39, 0.29) is 24.7 Å². The van der Waals surface area contributed by atoms with Crippen LogP contribution in [0.25, 0.3) is 0 Å². The van der Waals surface area contributed by atoms with Gasteiger partial charge in [-0.05, 0) is 50.5 Å². The van der Waals surface area contributed by atoms with Gasteiger partial charge in [0.05, 0.1) is 22.5 Å². The fourth-order valence-electron chi connectivity index (χ4n) is 3.87. The van der Waals surface area contributed by atoms with Crippen LogP contribution in [-0.2, 0) is 32.3 Å². The topological polar surface area (TPSA) is 86.8 Å². The number of aryl methyl sites for hydroxylation is 1. The minimum atomic E-state index is -4.83. The predicted octanol–water partition coefficient (Wildman–Crippen LogP) is 5.16. The van der Waals surface area contributed by atoms with Crippen molar-refractivity contribution in [2.24, 2.45) is 0 Å². The molecule has 7 nitrogen and oxygen atoms in total. The van der Waals surface area contributed by atoms with Crippen LogP contribution >= 0.6 is 11.6 Å². The summed E-state index contributed by atoms with van der Waals surface area (Å²) in [5.74, 6) is -1.15. The Labute approximate surface area is 227 Å². The number of alkyl halides is 3. The second-order valence-corrected chi connectivity index (χ2v) is 11.5. The Morgan fingerprint density at radius 2 is 1.74 bits per heavy atom. The maximum absolute atomic E-state index is 13.7. The molecule has 0 radical (unpaired) electrons. The molecule has 2 atom stereocenters. The van der Waals surface area contributed by atoms with Gasteiger partial charge in [0.1, 0.15) is 12.6 Å². The lowest BCUT2D eigenvalue weighted by atomic mass is 10.1. The Balaban J connectivity index is 2.53. The minimum absolute atomic E-state index is 0.00103. The number of nitrogens with one attached hydrogen (secondary N) is 1. The molecule has 1 N–H and O–H groups in total. The Kier molecular flexibility index (Phi) is 10.6. The van der Waals surface area contributed by atoms with Gasteiger partial charge in [-0.2, -0.15) is 13.2 Å². The maximum Gasteiger partial charge on any atom is 0.417 e. The SMILES string of the molecule is CC[C@@H](C)NC(=O)[C@@H](CC)N(Cc1cccc(C)c1)C(=O)CN(c1ccc(Cl)c(C(F)(F)F)c1)S(C)(=O)=O. The second kappa shape index (κ2) is 12.8. The normalized spacial score (nSPS) is 13.5. The molecule has 0 aliphatic rings. The molecule has 38 heavy (non-hydrogen) atoms. The van der Waals surface area contributed by atoms with E-state index in [0.717, 1.165) is 24.0 Å². The summed E-state index contributed by atoms with van der Waals surface area (Å²) in [4.78, 5) is 28.0. The van der Waals surface area contributed by atoms with Crippen LogP contribution in [0.3, 0.4) is 0 Å². The predicted molar refractivity (Wildman–Crippen MR) is 142 cm³/mol. The smallest absolute Gasteiger partial charge is 0.352 e. The number of nitrogens with zero attached hydrogens (tertiary/aromatic N) is 2. The zero-order chi connectivity index (χ0) is 28.8. The summed E-state index contributed by atoms with van der Waals surface area (Å²) in [6, 6.07) is 8.80. The molecular weight excluding hydrogens is 543 g/mol. The highest BCUT2D eigenvalue weighted by Gasteiger charge is 2.36. The van der Waals surface area contributed by atoms with Crippen molar-refractivity contribution in [3.8, 4) is 0 Å². The third-order valence-corrected chi connectivity index (χ3v) is 7.52. The first-order valence-electron chi connectivity index (χ1n) is 12.1. The Bertz CT molecular complexity index is 1250. The van der Waals surface area contributed by atoms with E-state index in [4.69, 9.17) is 11.6 Å². The van der Waals surface area contributed by atoms with Crippen LogP contribution < -0.4 is 9.62 Å². The summed E-state index contributed by atoms with van der Waals surface area (Å²) in [6.07, 6.45) is -3.15. The van der Waals surface area contributed by atoms with Gasteiger partial charge in [-0.25, -0.2) is 8.42 Å². The quantitative estimate of drug-likeness (QED) is 0.401. The number of carbonyl (C=O) groups excluding carboxylic acids is 2. The van der Waals surface area contributed by atoms with Crippen molar-refractivity contribution >= 4 is 39.1 Å². The van der Waals surface area contributed by atoms with Gasteiger partial charge in [0.15, 0.2) is 0 Å². The van der Waals surface area contributed by atoms with Crippen molar-refractivity contribution < 1.29 is 31.2 Å². The zero-order valence-corrected chi connectivity index (χ0v) is 23.5. The largest absolute Gasteiger partial charge is 0.417 e. The number of benzene rings is 2. The van der Waals surface area contributed by atoms with Gasteiger partial charge in [0.25, 0.3) is 0 Å². The molecule has 0 unspecified atom stereocenters. The standard InChI is InChI=1S/C26H33ClF3N3O4S/c1-6-18(4)31-25(35)23(7-2)32(15-19-10-8-9-17(3)13-19)24(34)16-33(38(5,36)37)20-11-12-22(27)21(14-20)26(28,29)30/h8-14,18,23H,6-7,15-16H2,1-5H3,(H,31,35)/t18-,23-/m1/s1. The highest BCUT2D eigenvalue weighted by atomic mass is 35.5. The van der Waals surface area contributed by atoms with E-state index in [0.29, 0.717) is 22.4 Å². The average molecular weight is 576 g/mol. The highest BCUT2D eigenvalue weighted by Crippen LogP contribution is 2.37. The van der Waals surface area contributed by atoms with Crippen molar-refractivity contribution in [1.29, 1.82) is 0 Å². The summed E-state index contributed by atoms with van der Waals surface area (Å²) < 4.78 is 66.3. The van der Waals surface area contributed by atoms with Crippen molar-refractivity contribution in [1.82, 2.24) is 10.2 Å². The van der Waals surface area contributed by atoms with Crippen molar-refractivity contribution in [2.75, 3.05) is 17.1 Å². The molecule has 0 saturated carbocycles. The number of sulfonamides is 1. The van der Waals surface area contributed by atoms with Crippen LogP contribution in [0.15, 0.2) is 42.5 Å². The highest BCUT2D eigenvalue weighted by molar-refractivity contribution is 7.92. The third kappa shape index (κ3) is 8.36. The molecule has 0 heterocycles. The monoisotopic (exact) mass is 575 g/mol. The summed E-state index contributed by atoms with van der Waals surface area (Å²) >= 11 is 5.70. The molecule has 2 aromatic rings. The van der Waals surface area contributed by atoms with Crippen molar-refractivity contribution in [3.63, 3.8) is 0 Å². The molecular formula is C26H33ClF3N3O4S. The van der Waals surface area contributed by atoms with Gasteiger partial charge in [-0.15, -0.1) is 0 Å². The van der Waals surface area contributed by atoms with Crippen LogP contribution in [-0.4, -0.2) is 50.0 Å². The number of anilines is 1. The van der Waals surface area contributed by atoms with Gasteiger partial charge in [-0.3, -0.25) is 13.9 Å². The molecule has 0 aromatic heterocycles. The molecule has 2 amide bonds. The first-order valence-corrected chi connectivity index (χ1v) is 14.3. The van der Waals surface area contributed by atoms with Gasteiger partial charge in [0.2, 0.25) is 21.8 Å². The van der Waals surface area contributed by atoms with Crippen LogP contribution in [0.1, 0.15) is 50.3 Å². The third-order valence-electron chi connectivity index (χ3n) is 6.04. The minimum Gasteiger partial charge on any atom is -0.352 e. The number of halogens is 4. The van der Waals surface area contributed by atoms with Gasteiger partial charge in [-0.1, -0.05) is 55.3 Å².